The Morgan fingerprint density at radius 3 is 2.42 bits per heavy atom. The van der Waals surface area contributed by atoms with Crippen molar-refractivity contribution < 1.29 is 9.59 Å². The van der Waals surface area contributed by atoms with E-state index in [0.717, 1.165) is 18.4 Å². The zero-order chi connectivity index (χ0) is 14.1. The van der Waals surface area contributed by atoms with Gasteiger partial charge >= 0.3 is 0 Å². The first-order valence-corrected chi connectivity index (χ1v) is 6.66. The van der Waals surface area contributed by atoms with E-state index in [9.17, 15) is 9.59 Å². The highest BCUT2D eigenvalue weighted by atomic mass is 16.1. The first kappa shape index (κ1) is 15.1. The number of Topliss-reactive ketones (excluding diaryl/α,β-unsaturated/α-hetero) is 1. The van der Waals surface area contributed by atoms with E-state index in [1.807, 2.05) is 37.3 Å². The third kappa shape index (κ3) is 5.04. The Morgan fingerprint density at radius 1 is 1.16 bits per heavy atom. The van der Waals surface area contributed by atoms with Crippen LogP contribution in [-0.4, -0.2) is 11.6 Å². The SMILES string of the molecule is C/C=C(\C(=O)/C=C/c1ccccc1)C(=O)CCCC. The van der Waals surface area contributed by atoms with Gasteiger partial charge in [-0.05, 0) is 25.0 Å². The van der Waals surface area contributed by atoms with Crippen LogP contribution in [0.4, 0.5) is 0 Å². The van der Waals surface area contributed by atoms with Crippen LogP contribution in [-0.2, 0) is 9.59 Å². The first-order valence-electron chi connectivity index (χ1n) is 6.66. The summed E-state index contributed by atoms with van der Waals surface area (Å²) in [5, 5.41) is 0. The predicted molar refractivity (Wildman–Crippen MR) is 78.8 cm³/mol. The quantitative estimate of drug-likeness (QED) is 0.420. The van der Waals surface area contributed by atoms with Gasteiger partial charge in [0.2, 0.25) is 0 Å². The molecule has 0 unspecified atom stereocenters. The number of unbranched alkanes of at least 4 members (excludes halogenated alkanes) is 1. The molecule has 1 aromatic rings. The summed E-state index contributed by atoms with van der Waals surface area (Å²) in [7, 11) is 0. The standard InChI is InChI=1S/C17H20O2/c1-3-5-11-16(18)15(4-2)17(19)13-12-14-9-7-6-8-10-14/h4,6-10,12-13H,3,5,11H2,1-2H3/b13-12+,15-4-. The molecule has 100 valence electrons. The molecule has 0 saturated heterocycles. The molecule has 2 nitrogen and oxygen atoms in total. The third-order valence-corrected chi connectivity index (χ3v) is 2.84. The second-order valence-corrected chi connectivity index (χ2v) is 4.34. The van der Waals surface area contributed by atoms with E-state index in [1.54, 1.807) is 19.1 Å². The Kier molecular flexibility index (Phi) is 6.51. The molecule has 0 bridgehead atoms. The first-order chi connectivity index (χ1) is 9.19. The minimum Gasteiger partial charge on any atom is -0.294 e. The number of hydrogen-bond acceptors (Lipinski definition) is 2. The van der Waals surface area contributed by atoms with Crippen molar-refractivity contribution >= 4 is 17.6 Å². The van der Waals surface area contributed by atoms with Gasteiger partial charge in [-0.25, -0.2) is 0 Å². The fourth-order valence-corrected chi connectivity index (χ4v) is 1.74. The van der Waals surface area contributed by atoms with Gasteiger partial charge in [0.1, 0.15) is 0 Å². The molecule has 2 heteroatoms. The number of ketones is 2. The van der Waals surface area contributed by atoms with E-state index >= 15 is 0 Å². The van der Waals surface area contributed by atoms with Crippen molar-refractivity contribution in [2.75, 3.05) is 0 Å². The largest absolute Gasteiger partial charge is 0.294 e. The maximum Gasteiger partial charge on any atom is 0.189 e. The van der Waals surface area contributed by atoms with Crippen LogP contribution in [0.3, 0.4) is 0 Å². The maximum absolute atomic E-state index is 12.0. The van der Waals surface area contributed by atoms with Crippen molar-refractivity contribution in [2.45, 2.75) is 33.1 Å². The highest BCUT2D eigenvalue weighted by molar-refractivity contribution is 6.24. The topological polar surface area (TPSA) is 34.1 Å². The molecule has 0 saturated carbocycles. The number of benzene rings is 1. The lowest BCUT2D eigenvalue weighted by Crippen LogP contribution is -2.10. The summed E-state index contributed by atoms with van der Waals surface area (Å²) < 4.78 is 0. The van der Waals surface area contributed by atoms with Gasteiger partial charge in [0.15, 0.2) is 11.6 Å². The van der Waals surface area contributed by atoms with Crippen LogP contribution in [0.25, 0.3) is 6.08 Å². The van der Waals surface area contributed by atoms with E-state index in [2.05, 4.69) is 0 Å². The molecular formula is C17H20O2. The summed E-state index contributed by atoms with van der Waals surface area (Å²) in [6.07, 6.45) is 7.03. The van der Waals surface area contributed by atoms with Crippen LogP contribution in [0, 0.1) is 0 Å². The molecular weight excluding hydrogens is 236 g/mol. The van der Waals surface area contributed by atoms with E-state index in [1.165, 1.54) is 6.08 Å². The van der Waals surface area contributed by atoms with Crippen LogP contribution >= 0.6 is 0 Å². The lowest BCUT2D eigenvalue weighted by atomic mass is 10.0. The molecule has 0 fully saturated rings. The minimum absolute atomic E-state index is 0.0629. The summed E-state index contributed by atoms with van der Waals surface area (Å²) >= 11 is 0. The van der Waals surface area contributed by atoms with Crippen LogP contribution in [0.1, 0.15) is 38.7 Å². The zero-order valence-electron chi connectivity index (χ0n) is 11.6. The van der Waals surface area contributed by atoms with E-state index < -0.39 is 0 Å². The molecule has 1 rings (SSSR count). The average Bonchev–Trinajstić information content (AvgIpc) is 2.44. The Bertz CT molecular complexity index is 481. The highest BCUT2D eigenvalue weighted by Gasteiger charge is 2.13. The smallest absolute Gasteiger partial charge is 0.189 e. The molecule has 0 aliphatic rings. The Balaban J connectivity index is 2.70. The second-order valence-electron chi connectivity index (χ2n) is 4.34. The number of hydrogen-bond donors (Lipinski definition) is 0. The van der Waals surface area contributed by atoms with Gasteiger partial charge in [0.05, 0.1) is 5.57 Å². The third-order valence-electron chi connectivity index (χ3n) is 2.84. The molecule has 0 atom stereocenters. The summed E-state index contributed by atoms with van der Waals surface area (Å²) in [5.74, 6) is -0.278. The molecule has 0 N–H and O–H groups in total. The molecule has 1 aromatic carbocycles. The lowest BCUT2D eigenvalue weighted by Gasteiger charge is -2.01. The van der Waals surface area contributed by atoms with Crippen molar-refractivity contribution in [1.29, 1.82) is 0 Å². The second kappa shape index (κ2) is 8.20. The van der Waals surface area contributed by atoms with Gasteiger partial charge in [0, 0.05) is 6.42 Å². The number of carbonyl (C=O) groups excluding carboxylic acids is 2. The Labute approximate surface area is 114 Å². The fraction of sp³-hybridized carbons (Fsp3) is 0.294. The van der Waals surface area contributed by atoms with Crippen molar-refractivity contribution in [1.82, 2.24) is 0 Å². The van der Waals surface area contributed by atoms with Gasteiger partial charge in [-0.3, -0.25) is 9.59 Å². The summed E-state index contributed by atoms with van der Waals surface area (Å²) in [4.78, 5) is 23.8. The monoisotopic (exact) mass is 256 g/mol. The molecule has 0 aromatic heterocycles. The fourth-order valence-electron chi connectivity index (χ4n) is 1.74. The zero-order valence-corrected chi connectivity index (χ0v) is 11.6. The van der Waals surface area contributed by atoms with Gasteiger partial charge in [-0.15, -0.1) is 0 Å². The van der Waals surface area contributed by atoms with E-state index in [-0.39, 0.29) is 11.6 Å². The molecule has 0 aliphatic carbocycles. The minimum atomic E-state index is -0.215. The molecule has 0 amide bonds. The van der Waals surface area contributed by atoms with Gasteiger partial charge < -0.3 is 0 Å². The van der Waals surface area contributed by atoms with Crippen LogP contribution in [0.5, 0.6) is 0 Å². The molecule has 19 heavy (non-hydrogen) atoms. The average molecular weight is 256 g/mol. The Hall–Kier alpha value is -1.96. The van der Waals surface area contributed by atoms with E-state index in [0.29, 0.717) is 12.0 Å². The summed E-state index contributed by atoms with van der Waals surface area (Å²) in [5.41, 5.74) is 1.24. The van der Waals surface area contributed by atoms with Crippen molar-refractivity contribution in [3.63, 3.8) is 0 Å². The molecule has 0 aliphatic heterocycles. The molecule has 0 heterocycles. The van der Waals surface area contributed by atoms with Crippen LogP contribution in [0.15, 0.2) is 48.1 Å². The van der Waals surface area contributed by atoms with Crippen molar-refractivity contribution in [2.24, 2.45) is 0 Å². The summed E-state index contributed by atoms with van der Waals surface area (Å²) in [6, 6.07) is 9.57. The molecule has 0 radical (unpaired) electrons. The number of rotatable bonds is 7. The van der Waals surface area contributed by atoms with Crippen molar-refractivity contribution in [3.8, 4) is 0 Å². The van der Waals surface area contributed by atoms with Gasteiger partial charge in [-0.2, -0.15) is 0 Å². The van der Waals surface area contributed by atoms with Crippen molar-refractivity contribution in [3.05, 3.63) is 53.6 Å². The highest BCUT2D eigenvalue weighted by Crippen LogP contribution is 2.09. The maximum atomic E-state index is 12.0. The van der Waals surface area contributed by atoms with Gasteiger partial charge in [-0.1, -0.05) is 55.8 Å². The Morgan fingerprint density at radius 2 is 1.84 bits per heavy atom. The predicted octanol–water partition coefficient (Wildman–Crippen LogP) is 3.97. The number of carbonyl (C=O) groups is 2. The van der Waals surface area contributed by atoms with Gasteiger partial charge in [0.25, 0.3) is 0 Å². The van der Waals surface area contributed by atoms with Crippen LogP contribution < -0.4 is 0 Å². The molecule has 0 spiro atoms. The van der Waals surface area contributed by atoms with Crippen LogP contribution in [0.2, 0.25) is 0 Å². The summed E-state index contributed by atoms with van der Waals surface area (Å²) in [6.45, 7) is 3.76. The number of allylic oxidation sites excluding steroid dienone is 3. The lowest BCUT2D eigenvalue weighted by molar-refractivity contribution is -0.119. The van der Waals surface area contributed by atoms with E-state index in [4.69, 9.17) is 0 Å². The normalized spacial score (nSPS) is 11.8.